The number of likely N-dealkylation sites (tertiary alicyclic amines) is 1. The van der Waals surface area contributed by atoms with Gasteiger partial charge in [-0.05, 0) is 35.6 Å². The van der Waals surface area contributed by atoms with E-state index >= 15 is 0 Å². The second kappa shape index (κ2) is 5.49. The molecule has 0 spiro atoms. The predicted octanol–water partition coefficient (Wildman–Crippen LogP) is 2.66. The number of aliphatic carboxylic acids is 1. The summed E-state index contributed by atoms with van der Waals surface area (Å²) in [5.74, 6) is -0.936. The molecular formula is C16H19NO3. The zero-order valence-corrected chi connectivity index (χ0v) is 11.8. The quantitative estimate of drug-likeness (QED) is 0.861. The second-order valence-corrected chi connectivity index (χ2v) is 5.93. The van der Waals surface area contributed by atoms with E-state index in [0.29, 0.717) is 5.56 Å². The normalized spacial score (nSPS) is 17.6. The molecule has 1 aromatic rings. The van der Waals surface area contributed by atoms with Crippen molar-refractivity contribution in [1.82, 2.24) is 4.90 Å². The first-order valence-electron chi connectivity index (χ1n) is 6.68. The van der Waals surface area contributed by atoms with E-state index in [1.165, 1.54) is 6.08 Å². The number of hydrogen-bond acceptors (Lipinski definition) is 2. The Balaban J connectivity index is 2.07. The Hall–Kier alpha value is -2.10. The molecule has 0 unspecified atom stereocenters. The van der Waals surface area contributed by atoms with Crippen LogP contribution in [0.25, 0.3) is 6.08 Å². The Labute approximate surface area is 118 Å². The molecule has 1 fully saturated rings. The SMILES string of the molecule is CC1(C)CCN(C(=O)c2ccc(/C=C/C(=O)O)cc2)C1. The van der Waals surface area contributed by atoms with Crippen molar-refractivity contribution in [3.05, 3.63) is 41.5 Å². The van der Waals surface area contributed by atoms with E-state index in [2.05, 4.69) is 13.8 Å². The van der Waals surface area contributed by atoms with Crippen LogP contribution in [-0.4, -0.2) is 35.0 Å². The summed E-state index contributed by atoms with van der Waals surface area (Å²) in [6.07, 6.45) is 3.62. The average Bonchev–Trinajstić information content (AvgIpc) is 2.76. The lowest BCUT2D eigenvalue weighted by Crippen LogP contribution is -2.30. The van der Waals surface area contributed by atoms with Crippen molar-refractivity contribution < 1.29 is 14.7 Å². The molecular weight excluding hydrogens is 254 g/mol. The minimum absolute atomic E-state index is 0.0457. The summed E-state index contributed by atoms with van der Waals surface area (Å²) in [7, 11) is 0. The zero-order valence-electron chi connectivity index (χ0n) is 11.8. The van der Waals surface area contributed by atoms with E-state index in [0.717, 1.165) is 31.1 Å². The molecule has 0 aromatic heterocycles. The number of benzene rings is 1. The smallest absolute Gasteiger partial charge is 0.328 e. The molecule has 1 aromatic carbocycles. The Kier molecular flexibility index (Phi) is 3.93. The number of carboxylic acids is 1. The van der Waals surface area contributed by atoms with Crippen molar-refractivity contribution in [2.75, 3.05) is 13.1 Å². The van der Waals surface area contributed by atoms with Gasteiger partial charge in [-0.2, -0.15) is 0 Å². The van der Waals surface area contributed by atoms with Gasteiger partial charge in [-0.3, -0.25) is 4.79 Å². The predicted molar refractivity (Wildman–Crippen MR) is 77.4 cm³/mol. The van der Waals surface area contributed by atoms with E-state index in [9.17, 15) is 9.59 Å². The molecule has 1 amide bonds. The van der Waals surface area contributed by atoms with Crippen LogP contribution in [0, 0.1) is 5.41 Å². The molecule has 106 valence electrons. The topological polar surface area (TPSA) is 57.6 Å². The Morgan fingerprint density at radius 1 is 1.25 bits per heavy atom. The van der Waals surface area contributed by atoms with Crippen LogP contribution in [0.15, 0.2) is 30.3 Å². The van der Waals surface area contributed by atoms with Crippen molar-refractivity contribution in [2.24, 2.45) is 5.41 Å². The summed E-state index contributed by atoms with van der Waals surface area (Å²) in [5, 5.41) is 8.56. The van der Waals surface area contributed by atoms with Gasteiger partial charge >= 0.3 is 5.97 Å². The number of carboxylic acid groups (broad SMARTS) is 1. The van der Waals surface area contributed by atoms with Crippen LogP contribution in [0.1, 0.15) is 36.2 Å². The summed E-state index contributed by atoms with van der Waals surface area (Å²) in [4.78, 5) is 24.6. The van der Waals surface area contributed by atoms with Gasteiger partial charge in [-0.1, -0.05) is 26.0 Å². The number of nitrogens with zero attached hydrogens (tertiary/aromatic N) is 1. The first-order valence-corrected chi connectivity index (χ1v) is 6.68. The van der Waals surface area contributed by atoms with E-state index in [4.69, 9.17) is 5.11 Å². The maximum Gasteiger partial charge on any atom is 0.328 e. The number of amides is 1. The summed E-state index contributed by atoms with van der Waals surface area (Å²) in [5.41, 5.74) is 1.61. The molecule has 1 N–H and O–H groups in total. The molecule has 1 saturated heterocycles. The van der Waals surface area contributed by atoms with Crippen molar-refractivity contribution in [2.45, 2.75) is 20.3 Å². The lowest BCUT2D eigenvalue weighted by Gasteiger charge is -2.19. The molecule has 0 atom stereocenters. The summed E-state index contributed by atoms with van der Waals surface area (Å²) >= 11 is 0. The Morgan fingerprint density at radius 3 is 2.40 bits per heavy atom. The number of rotatable bonds is 3. The van der Waals surface area contributed by atoms with Crippen molar-refractivity contribution in [1.29, 1.82) is 0 Å². The Bertz CT molecular complexity index is 543. The van der Waals surface area contributed by atoms with Crippen LogP contribution in [0.3, 0.4) is 0 Å². The fourth-order valence-electron chi connectivity index (χ4n) is 2.37. The van der Waals surface area contributed by atoms with Gasteiger partial charge in [0.2, 0.25) is 0 Å². The molecule has 4 heteroatoms. The monoisotopic (exact) mass is 273 g/mol. The van der Waals surface area contributed by atoms with Crippen molar-refractivity contribution in [3.8, 4) is 0 Å². The third-order valence-electron chi connectivity index (χ3n) is 3.54. The lowest BCUT2D eigenvalue weighted by atomic mass is 9.93. The highest BCUT2D eigenvalue weighted by atomic mass is 16.4. The Morgan fingerprint density at radius 2 is 1.90 bits per heavy atom. The van der Waals surface area contributed by atoms with Crippen LogP contribution >= 0.6 is 0 Å². The molecule has 0 radical (unpaired) electrons. The standard InChI is InChI=1S/C16H19NO3/c1-16(2)9-10-17(11-16)15(20)13-6-3-12(4-7-13)5-8-14(18)19/h3-8H,9-11H2,1-2H3,(H,18,19)/b8-5+. The van der Waals surface area contributed by atoms with Gasteiger partial charge < -0.3 is 10.0 Å². The molecule has 0 saturated carbocycles. The van der Waals surface area contributed by atoms with E-state index < -0.39 is 5.97 Å². The largest absolute Gasteiger partial charge is 0.478 e. The highest BCUT2D eigenvalue weighted by molar-refractivity contribution is 5.94. The molecule has 1 aliphatic rings. The number of carbonyl (C=O) groups excluding carboxylic acids is 1. The lowest BCUT2D eigenvalue weighted by molar-refractivity contribution is -0.131. The minimum atomic E-state index is -0.982. The average molecular weight is 273 g/mol. The summed E-state index contributed by atoms with van der Waals surface area (Å²) < 4.78 is 0. The highest BCUT2D eigenvalue weighted by Gasteiger charge is 2.32. The third-order valence-corrected chi connectivity index (χ3v) is 3.54. The second-order valence-electron chi connectivity index (χ2n) is 5.93. The van der Waals surface area contributed by atoms with Gasteiger partial charge in [0.1, 0.15) is 0 Å². The fraction of sp³-hybridized carbons (Fsp3) is 0.375. The molecule has 4 nitrogen and oxygen atoms in total. The maximum absolute atomic E-state index is 12.3. The highest BCUT2D eigenvalue weighted by Crippen LogP contribution is 2.29. The van der Waals surface area contributed by atoms with E-state index in [1.54, 1.807) is 24.3 Å². The van der Waals surface area contributed by atoms with Gasteiger partial charge in [0.25, 0.3) is 5.91 Å². The summed E-state index contributed by atoms with van der Waals surface area (Å²) in [6, 6.07) is 7.01. The third kappa shape index (κ3) is 3.47. The van der Waals surface area contributed by atoms with Gasteiger partial charge in [-0.25, -0.2) is 4.79 Å². The molecule has 0 bridgehead atoms. The minimum Gasteiger partial charge on any atom is -0.478 e. The van der Waals surface area contributed by atoms with Crippen molar-refractivity contribution >= 4 is 18.0 Å². The number of hydrogen-bond donors (Lipinski definition) is 1. The zero-order chi connectivity index (χ0) is 14.8. The molecule has 20 heavy (non-hydrogen) atoms. The van der Waals surface area contributed by atoms with Crippen LogP contribution in [0.2, 0.25) is 0 Å². The van der Waals surface area contributed by atoms with Crippen LogP contribution in [0.4, 0.5) is 0 Å². The first kappa shape index (κ1) is 14.3. The maximum atomic E-state index is 12.3. The van der Waals surface area contributed by atoms with Gasteiger partial charge in [-0.15, -0.1) is 0 Å². The van der Waals surface area contributed by atoms with Gasteiger partial charge in [0, 0.05) is 24.7 Å². The number of carbonyl (C=O) groups is 2. The van der Waals surface area contributed by atoms with E-state index in [1.807, 2.05) is 4.90 Å². The molecule has 0 aliphatic carbocycles. The molecule has 1 aliphatic heterocycles. The fourth-order valence-corrected chi connectivity index (χ4v) is 2.37. The summed E-state index contributed by atoms with van der Waals surface area (Å²) in [6.45, 7) is 5.92. The van der Waals surface area contributed by atoms with Gasteiger partial charge in [0.05, 0.1) is 0 Å². The van der Waals surface area contributed by atoms with Crippen LogP contribution in [-0.2, 0) is 4.79 Å². The van der Waals surface area contributed by atoms with Crippen LogP contribution in [0.5, 0.6) is 0 Å². The first-order chi connectivity index (χ1) is 9.37. The van der Waals surface area contributed by atoms with Gasteiger partial charge in [0.15, 0.2) is 0 Å². The molecule has 1 heterocycles. The van der Waals surface area contributed by atoms with E-state index in [-0.39, 0.29) is 11.3 Å². The van der Waals surface area contributed by atoms with Crippen LogP contribution < -0.4 is 0 Å². The van der Waals surface area contributed by atoms with Crippen molar-refractivity contribution in [3.63, 3.8) is 0 Å². The molecule has 2 rings (SSSR count).